The summed E-state index contributed by atoms with van der Waals surface area (Å²) in [6.45, 7) is 12.2. The molecule has 2 saturated carbocycles. The minimum atomic E-state index is -4.59. The van der Waals surface area contributed by atoms with Gasteiger partial charge in [-0.1, -0.05) is 56.3 Å². The lowest BCUT2D eigenvalue weighted by Crippen LogP contribution is -2.60. The minimum Gasteiger partial charge on any atom is -0.496 e. The number of carbonyl (C=O) groups is 1. The molecule has 4 heterocycles. The van der Waals surface area contributed by atoms with Crippen LogP contribution in [-0.2, 0) is 16.6 Å². The highest BCUT2D eigenvalue weighted by Crippen LogP contribution is 2.53. The Bertz CT molecular complexity index is 3120. The number of benzene rings is 4. The van der Waals surface area contributed by atoms with Gasteiger partial charge >= 0.3 is 0 Å². The predicted octanol–water partition coefficient (Wildman–Crippen LogP) is 10.2. The van der Waals surface area contributed by atoms with Crippen LogP contribution in [-0.4, -0.2) is 102 Å². The first kappa shape index (κ1) is 51.0. The van der Waals surface area contributed by atoms with Crippen LogP contribution in [0.15, 0.2) is 114 Å². The zero-order chi connectivity index (χ0) is 51.8. The number of nitro benzene ring substituents is 1. The summed E-state index contributed by atoms with van der Waals surface area (Å²) >= 11 is 0. The van der Waals surface area contributed by atoms with Crippen molar-refractivity contribution in [3.05, 3.63) is 142 Å². The molecule has 1 spiro atoms. The number of ether oxygens (including phenoxy) is 2. The number of hydrogen-bond donors (Lipinski definition) is 4. The predicted molar refractivity (Wildman–Crippen MR) is 287 cm³/mol. The first-order valence-corrected chi connectivity index (χ1v) is 27.5. The monoisotopic (exact) mass is 1020 g/mol. The number of piperidine rings is 1. The van der Waals surface area contributed by atoms with Crippen molar-refractivity contribution in [3.63, 3.8) is 0 Å². The molecule has 4 aliphatic rings. The number of methoxy groups -OCH3 is 1. The van der Waals surface area contributed by atoms with E-state index in [1.165, 1.54) is 28.8 Å². The van der Waals surface area contributed by atoms with Crippen molar-refractivity contribution in [2.75, 3.05) is 56.6 Å². The Morgan fingerprint density at radius 1 is 0.932 bits per heavy atom. The Morgan fingerprint density at radius 3 is 2.45 bits per heavy atom. The molecule has 16 nitrogen and oxygen atoms in total. The average molecular weight is 1030 g/mol. The van der Waals surface area contributed by atoms with Crippen LogP contribution in [0.4, 0.5) is 17.1 Å². The molecule has 2 aliphatic carbocycles. The van der Waals surface area contributed by atoms with E-state index < -0.39 is 37.0 Å². The number of anilines is 2. The van der Waals surface area contributed by atoms with Crippen LogP contribution in [0.25, 0.3) is 11.0 Å². The second kappa shape index (κ2) is 21.0. The van der Waals surface area contributed by atoms with E-state index in [1.807, 2.05) is 31.2 Å². The summed E-state index contributed by atoms with van der Waals surface area (Å²) in [6, 6.07) is 30.5. The first-order valence-electron chi connectivity index (χ1n) is 26.1. The fourth-order valence-corrected chi connectivity index (χ4v) is 13.0. The van der Waals surface area contributed by atoms with E-state index >= 15 is 0 Å². The van der Waals surface area contributed by atoms with Gasteiger partial charge in [0, 0.05) is 92.9 Å². The van der Waals surface area contributed by atoms with E-state index in [0.29, 0.717) is 42.7 Å². The number of aliphatic hydroxyl groups is 1. The van der Waals surface area contributed by atoms with Gasteiger partial charge < -0.3 is 29.8 Å². The van der Waals surface area contributed by atoms with Gasteiger partial charge in [-0.2, -0.15) is 0 Å². The molecule has 10 rings (SSSR count). The number of sulfonamides is 1. The Balaban J connectivity index is 0.834. The molecule has 390 valence electrons. The number of fused-ring (bicyclic) bond motifs is 1. The number of hydrogen-bond acceptors (Lipinski definition) is 13. The summed E-state index contributed by atoms with van der Waals surface area (Å²) in [5.74, 6) is 1.08. The molecule has 4 aromatic carbocycles. The van der Waals surface area contributed by atoms with Gasteiger partial charge in [0.2, 0.25) is 0 Å². The van der Waals surface area contributed by atoms with Crippen molar-refractivity contribution in [2.45, 2.75) is 107 Å². The van der Waals surface area contributed by atoms with Gasteiger partial charge in [0.15, 0.2) is 0 Å². The van der Waals surface area contributed by atoms with Gasteiger partial charge in [-0.3, -0.25) is 24.7 Å². The molecule has 2 aliphatic heterocycles. The highest BCUT2D eigenvalue weighted by atomic mass is 32.2. The number of carbonyl (C=O) groups excluding carboxylic acids is 1. The molecule has 1 amide bonds. The van der Waals surface area contributed by atoms with Crippen LogP contribution in [0.1, 0.15) is 111 Å². The summed E-state index contributed by atoms with van der Waals surface area (Å²) in [6.07, 6.45) is 10.4. The number of nitrogens with one attached hydrogen (secondary N) is 3. The van der Waals surface area contributed by atoms with Crippen LogP contribution in [0, 0.1) is 21.4 Å². The smallest absolute Gasteiger partial charge is 0.293 e. The van der Waals surface area contributed by atoms with Crippen LogP contribution in [0.2, 0.25) is 0 Å². The van der Waals surface area contributed by atoms with Gasteiger partial charge in [0.1, 0.15) is 28.6 Å². The molecule has 4 N–H and O–H groups in total. The number of H-pyrrole nitrogens is 1. The Morgan fingerprint density at radius 2 is 1.69 bits per heavy atom. The van der Waals surface area contributed by atoms with Crippen LogP contribution in [0.3, 0.4) is 0 Å². The van der Waals surface area contributed by atoms with Gasteiger partial charge in [-0.05, 0) is 129 Å². The fraction of sp³-hybridized carbons (Fsp3) is 0.439. The fourth-order valence-electron chi connectivity index (χ4n) is 12.0. The maximum absolute atomic E-state index is 14.1. The number of nitrogens with zero attached hydrogens (tertiary/aromatic N) is 5. The van der Waals surface area contributed by atoms with Gasteiger partial charge in [-0.25, -0.2) is 18.1 Å². The third kappa shape index (κ3) is 11.0. The zero-order valence-corrected chi connectivity index (χ0v) is 43.6. The average Bonchev–Trinajstić information content (AvgIpc) is 3.86. The molecule has 1 unspecified atom stereocenters. The number of nitro groups is 1. The topological polar surface area (TPSA) is 195 Å². The van der Waals surface area contributed by atoms with Gasteiger partial charge in [0.25, 0.3) is 21.6 Å². The molecule has 2 saturated heterocycles. The third-order valence-electron chi connectivity index (χ3n) is 16.3. The van der Waals surface area contributed by atoms with Crippen LogP contribution < -0.4 is 24.4 Å². The highest BCUT2D eigenvalue weighted by Gasteiger charge is 2.50. The normalized spacial score (nSPS) is 21.6. The number of piperazine rings is 1. The summed E-state index contributed by atoms with van der Waals surface area (Å²) in [4.78, 5) is 40.5. The second-order valence-corrected chi connectivity index (χ2v) is 23.4. The number of para-hydroxylation sites is 1. The van der Waals surface area contributed by atoms with E-state index in [4.69, 9.17) is 9.47 Å². The van der Waals surface area contributed by atoms with Crippen molar-refractivity contribution in [1.82, 2.24) is 24.5 Å². The number of rotatable bonds is 16. The largest absolute Gasteiger partial charge is 0.496 e. The number of amides is 1. The molecular formula is C57H68N8O8S. The number of pyridine rings is 1. The maximum atomic E-state index is 14.1. The molecule has 17 heteroatoms. The lowest BCUT2D eigenvalue weighted by atomic mass is 9.59. The lowest BCUT2D eigenvalue weighted by molar-refractivity contribution is -0.384. The Kier molecular flexibility index (Phi) is 14.5. The highest BCUT2D eigenvalue weighted by molar-refractivity contribution is 7.90. The van der Waals surface area contributed by atoms with E-state index in [-0.39, 0.29) is 34.4 Å². The SMILES string of the molecule is COc1ccccc1CN1CCN(C2CC3(CCN(c4ccc(C(=O)NS(=O)(=O)c5ccc(NCC6CCC(C)(O)CC6)c([N+](=O)[O-])c5)c(Oc5cnc6[nH]ccc6c5)c4)CC3)C2)C(c2ccccc2C(C)C)C1. The van der Waals surface area contributed by atoms with E-state index in [2.05, 4.69) is 85.0 Å². The molecule has 1 atom stereocenters. The third-order valence-corrected chi connectivity index (χ3v) is 17.7. The molecule has 6 aromatic rings. The van der Waals surface area contributed by atoms with Crippen molar-refractivity contribution >= 4 is 44.0 Å². The second-order valence-electron chi connectivity index (χ2n) is 21.7. The summed E-state index contributed by atoms with van der Waals surface area (Å²) in [7, 11) is -2.85. The molecule has 4 fully saturated rings. The van der Waals surface area contributed by atoms with E-state index in [9.17, 15) is 28.4 Å². The van der Waals surface area contributed by atoms with Crippen molar-refractivity contribution < 1.29 is 32.7 Å². The van der Waals surface area contributed by atoms with Crippen LogP contribution in [0.5, 0.6) is 17.2 Å². The number of aromatic nitrogens is 2. The van der Waals surface area contributed by atoms with E-state index in [0.717, 1.165) is 101 Å². The minimum absolute atomic E-state index is 0.0300. The van der Waals surface area contributed by atoms with Crippen molar-refractivity contribution in [1.29, 1.82) is 0 Å². The maximum Gasteiger partial charge on any atom is 0.293 e. The quantitative estimate of drug-likeness (QED) is 0.0529. The zero-order valence-electron chi connectivity index (χ0n) is 42.8. The molecule has 74 heavy (non-hydrogen) atoms. The number of aromatic amines is 1. The Hall–Kier alpha value is -6.53. The standard InChI is InChI=1S/C57H68N8O8S/c1-38(2)46-10-6-7-11-47(46)51-37-62(36-41-9-5-8-12-52(41)72-4)27-28-64(51)43-32-57(33-43)22-25-63(26-23-57)42-13-15-48(53(30-42)73-44-29-40-19-24-58-54(40)60-35-44)55(66)61-74(70,71)45-14-16-49(50(31-45)65(68)69)59-34-39-17-20-56(3,67)21-18-39/h5-16,19,24,29-31,35,38-39,43,51,59,67H,17-18,20-23,25-28,32-34,36-37H2,1-4H3,(H,58,60)(H,61,66). The first-order chi connectivity index (χ1) is 35.6. The van der Waals surface area contributed by atoms with Crippen molar-refractivity contribution in [2.24, 2.45) is 11.3 Å². The van der Waals surface area contributed by atoms with Gasteiger partial charge in [0.05, 0.1) is 34.3 Å². The molecular weight excluding hydrogens is 957 g/mol. The van der Waals surface area contributed by atoms with E-state index in [1.54, 1.807) is 37.7 Å². The molecule has 2 aromatic heterocycles. The molecule has 0 bridgehead atoms. The Labute approximate surface area is 433 Å². The van der Waals surface area contributed by atoms with Gasteiger partial charge in [-0.15, -0.1) is 0 Å². The summed E-state index contributed by atoms with van der Waals surface area (Å²) in [5.41, 5.74) is 4.77. The molecule has 0 radical (unpaired) electrons. The summed E-state index contributed by atoms with van der Waals surface area (Å²) in [5, 5.41) is 26.5. The summed E-state index contributed by atoms with van der Waals surface area (Å²) < 4.78 is 42.0. The lowest BCUT2D eigenvalue weighted by Gasteiger charge is -2.58. The van der Waals surface area contributed by atoms with Crippen LogP contribution >= 0.6 is 0 Å². The van der Waals surface area contributed by atoms with Crippen molar-refractivity contribution in [3.8, 4) is 17.2 Å².